The molecule has 27 heavy (non-hydrogen) atoms. The summed E-state index contributed by atoms with van der Waals surface area (Å²) in [5, 5.41) is 0. The maximum Gasteiger partial charge on any atom is 0.307 e. The van der Waals surface area contributed by atoms with Crippen molar-refractivity contribution < 1.29 is 22.7 Å². The first-order valence-electron chi connectivity index (χ1n) is 8.83. The Bertz CT molecular complexity index is 845. The van der Waals surface area contributed by atoms with Crippen LogP contribution in [0.4, 0.5) is 0 Å². The highest BCUT2D eigenvalue weighted by Crippen LogP contribution is 2.23. The highest BCUT2D eigenvalue weighted by atomic mass is 32.2. The van der Waals surface area contributed by atoms with Crippen LogP contribution in [0.5, 0.6) is 5.75 Å². The van der Waals surface area contributed by atoms with Gasteiger partial charge >= 0.3 is 5.97 Å². The second-order valence-corrected chi connectivity index (χ2v) is 7.71. The molecule has 0 spiro atoms. The number of nitrogens with one attached hydrogen (secondary N) is 1. The molecule has 2 rings (SSSR count). The Balaban J connectivity index is 2.28. The molecule has 0 saturated carbocycles. The van der Waals surface area contributed by atoms with Gasteiger partial charge in [0.15, 0.2) is 0 Å². The third kappa shape index (κ3) is 6.08. The van der Waals surface area contributed by atoms with Crippen LogP contribution in [-0.2, 0) is 19.6 Å². The Hall–Kier alpha value is -2.38. The third-order valence-electron chi connectivity index (χ3n) is 3.90. The summed E-state index contributed by atoms with van der Waals surface area (Å²) in [5.41, 5.74) is 1.62. The summed E-state index contributed by atoms with van der Waals surface area (Å²) >= 11 is 0. The zero-order chi connectivity index (χ0) is 19.9. The van der Waals surface area contributed by atoms with Gasteiger partial charge in [0.2, 0.25) is 10.0 Å². The minimum atomic E-state index is -3.79. The summed E-state index contributed by atoms with van der Waals surface area (Å²) in [5.74, 6) is 0.209. The lowest BCUT2D eigenvalue weighted by molar-refractivity contribution is -0.143. The number of ether oxygens (including phenoxy) is 2. The molecule has 6 nitrogen and oxygen atoms in total. The highest BCUT2D eigenvalue weighted by Gasteiger charge is 2.24. The predicted octanol–water partition coefficient (Wildman–Crippen LogP) is 3.37. The second kappa shape index (κ2) is 9.53. The first-order valence-corrected chi connectivity index (χ1v) is 10.3. The predicted molar refractivity (Wildman–Crippen MR) is 103 cm³/mol. The van der Waals surface area contributed by atoms with E-state index in [4.69, 9.17) is 9.47 Å². The maximum atomic E-state index is 12.7. The first-order chi connectivity index (χ1) is 12.9. The number of rotatable bonds is 9. The SMILES string of the molecule is CCOC(=O)C[C@H](NS(=O)(=O)c1ccc(C)cc1)c1ccc(OCC)cc1. The summed E-state index contributed by atoms with van der Waals surface area (Å²) in [6.45, 7) is 6.24. The molecule has 146 valence electrons. The molecule has 0 aliphatic heterocycles. The van der Waals surface area contributed by atoms with Gasteiger partial charge in [-0.2, -0.15) is 0 Å². The Morgan fingerprint density at radius 2 is 1.63 bits per heavy atom. The first kappa shape index (κ1) is 20.9. The van der Waals surface area contributed by atoms with E-state index in [0.717, 1.165) is 5.56 Å². The van der Waals surface area contributed by atoms with Gasteiger partial charge in [-0.1, -0.05) is 29.8 Å². The summed E-state index contributed by atoms with van der Waals surface area (Å²) in [4.78, 5) is 12.1. The van der Waals surface area contributed by atoms with E-state index in [9.17, 15) is 13.2 Å². The van der Waals surface area contributed by atoms with Crippen molar-refractivity contribution in [1.29, 1.82) is 0 Å². The van der Waals surface area contributed by atoms with Crippen LogP contribution in [-0.4, -0.2) is 27.6 Å². The number of benzene rings is 2. The molecule has 2 aromatic rings. The smallest absolute Gasteiger partial charge is 0.307 e. The van der Waals surface area contributed by atoms with E-state index in [1.54, 1.807) is 43.3 Å². The zero-order valence-corrected chi connectivity index (χ0v) is 16.6. The molecule has 0 heterocycles. The van der Waals surface area contributed by atoms with Crippen molar-refractivity contribution in [2.24, 2.45) is 0 Å². The molecule has 1 atom stereocenters. The van der Waals surface area contributed by atoms with Crippen LogP contribution >= 0.6 is 0 Å². The minimum Gasteiger partial charge on any atom is -0.494 e. The molecule has 1 N–H and O–H groups in total. The van der Waals surface area contributed by atoms with Crippen molar-refractivity contribution in [3.8, 4) is 5.75 Å². The van der Waals surface area contributed by atoms with Crippen LogP contribution in [0.2, 0.25) is 0 Å². The van der Waals surface area contributed by atoms with Crippen molar-refractivity contribution >= 4 is 16.0 Å². The molecule has 0 radical (unpaired) electrons. The Labute approximate surface area is 160 Å². The van der Waals surface area contributed by atoms with Crippen molar-refractivity contribution in [3.05, 3.63) is 59.7 Å². The van der Waals surface area contributed by atoms with E-state index in [1.165, 1.54) is 12.1 Å². The summed E-state index contributed by atoms with van der Waals surface area (Å²) in [7, 11) is -3.79. The monoisotopic (exact) mass is 391 g/mol. The average molecular weight is 391 g/mol. The largest absolute Gasteiger partial charge is 0.494 e. The normalized spacial score (nSPS) is 12.4. The molecule has 0 aromatic heterocycles. The number of aryl methyl sites for hydroxylation is 1. The Morgan fingerprint density at radius 3 is 2.19 bits per heavy atom. The van der Waals surface area contributed by atoms with Gasteiger partial charge in [0.1, 0.15) is 5.75 Å². The van der Waals surface area contributed by atoms with Crippen LogP contribution < -0.4 is 9.46 Å². The molecule has 0 amide bonds. The van der Waals surface area contributed by atoms with Crippen LogP contribution in [0.25, 0.3) is 0 Å². The fourth-order valence-electron chi connectivity index (χ4n) is 2.55. The van der Waals surface area contributed by atoms with Gasteiger partial charge < -0.3 is 9.47 Å². The lowest BCUT2D eigenvalue weighted by Crippen LogP contribution is -2.30. The van der Waals surface area contributed by atoms with E-state index in [2.05, 4.69) is 4.72 Å². The fraction of sp³-hybridized carbons (Fsp3) is 0.350. The molecular weight excluding hydrogens is 366 g/mol. The Kier molecular flexibility index (Phi) is 7.38. The number of hydrogen-bond donors (Lipinski definition) is 1. The number of esters is 1. The van der Waals surface area contributed by atoms with Crippen LogP contribution in [0.3, 0.4) is 0 Å². The molecule has 0 aliphatic carbocycles. The molecule has 0 saturated heterocycles. The van der Waals surface area contributed by atoms with Gasteiger partial charge in [0.05, 0.1) is 30.6 Å². The topological polar surface area (TPSA) is 81.7 Å². The van der Waals surface area contributed by atoms with Gasteiger partial charge in [-0.15, -0.1) is 0 Å². The van der Waals surface area contributed by atoms with E-state index in [0.29, 0.717) is 17.9 Å². The minimum absolute atomic E-state index is 0.104. The molecule has 0 unspecified atom stereocenters. The molecule has 0 bridgehead atoms. The van der Waals surface area contributed by atoms with Crippen molar-refractivity contribution in [3.63, 3.8) is 0 Å². The molecular formula is C20H25NO5S. The highest BCUT2D eigenvalue weighted by molar-refractivity contribution is 7.89. The third-order valence-corrected chi connectivity index (χ3v) is 5.39. The van der Waals surface area contributed by atoms with E-state index >= 15 is 0 Å². The molecule has 0 fully saturated rings. The second-order valence-electron chi connectivity index (χ2n) is 6.00. The van der Waals surface area contributed by atoms with Gasteiger partial charge in [-0.3, -0.25) is 4.79 Å². The van der Waals surface area contributed by atoms with Crippen LogP contribution in [0.1, 0.15) is 37.4 Å². The summed E-state index contributed by atoms with van der Waals surface area (Å²) in [6.07, 6.45) is -0.104. The van der Waals surface area contributed by atoms with Gasteiger partial charge in [0, 0.05) is 0 Å². The van der Waals surface area contributed by atoms with Crippen molar-refractivity contribution in [2.75, 3.05) is 13.2 Å². The lowest BCUT2D eigenvalue weighted by atomic mass is 10.0. The molecule has 2 aromatic carbocycles. The number of carbonyl (C=O) groups is 1. The van der Waals surface area contributed by atoms with Crippen molar-refractivity contribution in [1.82, 2.24) is 4.72 Å². The van der Waals surface area contributed by atoms with E-state index < -0.39 is 22.0 Å². The van der Waals surface area contributed by atoms with E-state index in [1.807, 2.05) is 13.8 Å². The van der Waals surface area contributed by atoms with Gasteiger partial charge in [-0.25, -0.2) is 13.1 Å². The number of carbonyl (C=O) groups excluding carboxylic acids is 1. The Morgan fingerprint density at radius 1 is 1.00 bits per heavy atom. The molecule has 0 aliphatic rings. The maximum absolute atomic E-state index is 12.7. The average Bonchev–Trinajstić information content (AvgIpc) is 2.62. The van der Waals surface area contributed by atoms with Gasteiger partial charge in [0.25, 0.3) is 0 Å². The van der Waals surface area contributed by atoms with Crippen molar-refractivity contribution in [2.45, 2.75) is 38.1 Å². The number of sulfonamides is 1. The summed E-state index contributed by atoms with van der Waals surface area (Å²) < 4.78 is 38.5. The fourth-order valence-corrected chi connectivity index (χ4v) is 3.77. The molecule has 7 heteroatoms. The zero-order valence-electron chi connectivity index (χ0n) is 15.8. The van der Waals surface area contributed by atoms with Gasteiger partial charge in [-0.05, 0) is 50.6 Å². The summed E-state index contributed by atoms with van der Waals surface area (Å²) in [6, 6.07) is 12.8. The standard InChI is InChI=1S/C20H25NO5S/c1-4-25-17-10-8-16(9-11-17)19(14-20(22)26-5-2)21-27(23,24)18-12-6-15(3)7-13-18/h6-13,19,21H,4-5,14H2,1-3H3/t19-/m0/s1. The van der Waals surface area contributed by atoms with E-state index in [-0.39, 0.29) is 17.9 Å². The lowest BCUT2D eigenvalue weighted by Gasteiger charge is -2.19. The number of hydrogen-bond acceptors (Lipinski definition) is 5. The quantitative estimate of drug-likeness (QED) is 0.663. The van der Waals surface area contributed by atoms with Crippen LogP contribution in [0, 0.1) is 6.92 Å². The van der Waals surface area contributed by atoms with Crippen LogP contribution in [0.15, 0.2) is 53.4 Å².